The summed E-state index contributed by atoms with van der Waals surface area (Å²) in [5.74, 6) is 0.555. The second-order valence-corrected chi connectivity index (χ2v) is 5.43. The van der Waals surface area contributed by atoms with Gasteiger partial charge in [-0.25, -0.2) is 0 Å². The number of para-hydroxylation sites is 1. The number of methoxy groups -OCH3 is 1. The number of ether oxygens (including phenoxy) is 2. The van der Waals surface area contributed by atoms with Crippen LogP contribution in [0.25, 0.3) is 10.9 Å². The van der Waals surface area contributed by atoms with Gasteiger partial charge < -0.3 is 14.8 Å². The molecule has 1 amide bonds. The van der Waals surface area contributed by atoms with E-state index < -0.39 is 6.10 Å². The van der Waals surface area contributed by atoms with E-state index >= 15 is 0 Å². The Balaban J connectivity index is 1.61. The van der Waals surface area contributed by atoms with Crippen LogP contribution in [-0.4, -0.2) is 29.3 Å². The highest BCUT2D eigenvalue weighted by atomic mass is 16.5. The van der Waals surface area contributed by atoms with Crippen molar-refractivity contribution in [3.05, 3.63) is 54.2 Å². The molecular weight excluding hydrogens is 306 g/mol. The maximum atomic E-state index is 12.3. The summed E-state index contributed by atoms with van der Waals surface area (Å²) < 4.78 is 10.8. The van der Waals surface area contributed by atoms with Crippen LogP contribution in [0.5, 0.6) is 5.75 Å². The van der Waals surface area contributed by atoms with Crippen molar-refractivity contribution in [2.75, 3.05) is 12.4 Å². The molecule has 0 spiro atoms. The number of aromatic amines is 1. The minimum Gasteiger partial charge on any atom is -0.497 e. The molecule has 0 saturated carbocycles. The van der Waals surface area contributed by atoms with Crippen molar-refractivity contribution in [3.63, 3.8) is 0 Å². The molecule has 3 aromatic rings. The molecule has 2 aromatic carbocycles. The second kappa shape index (κ2) is 7.14. The van der Waals surface area contributed by atoms with E-state index in [2.05, 4.69) is 15.5 Å². The van der Waals surface area contributed by atoms with E-state index in [1.54, 1.807) is 20.2 Å². The molecule has 124 valence electrons. The molecule has 0 aliphatic heterocycles. The number of anilines is 1. The van der Waals surface area contributed by atoms with Gasteiger partial charge in [0.05, 0.1) is 31.1 Å². The first kappa shape index (κ1) is 16.0. The number of benzene rings is 2. The van der Waals surface area contributed by atoms with Crippen molar-refractivity contribution >= 4 is 22.5 Å². The van der Waals surface area contributed by atoms with Gasteiger partial charge in [0.1, 0.15) is 11.9 Å². The average molecular weight is 325 g/mol. The summed E-state index contributed by atoms with van der Waals surface area (Å²) in [5, 5.41) is 10.7. The molecule has 0 fully saturated rings. The Labute approximate surface area is 139 Å². The standard InChI is InChI=1S/C18H19N3O3/c1-12(24-11-13-5-3-7-15(9-13)23-2)18(22)20-16-8-4-6-14-10-19-21-17(14)16/h3-10,12H,11H2,1-2H3,(H,19,21)(H,20,22)/t12-/m0/s1. The first-order valence-electron chi connectivity index (χ1n) is 7.65. The van der Waals surface area contributed by atoms with Crippen LogP contribution >= 0.6 is 0 Å². The van der Waals surface area contributed by atoms with Crippen molar-refractivity contribution < 1.29 is 14.3 Å². The number of nitrogens with zero attached hydrogens (tertiary/aromatic N) is 1. The highest BCUT2D eigenvalue weighted by Crippen LogP contribution is 2.21. The molecule has 0 bridgehead atoms. The monoisotopic (exact) mass is 325 g/mol. The van der Waals surface area contributed by atoms with Crippen LogP contribution < -0.4 is 10.1 Å². The number of hydrogen-bond donors (Lipinski definition) is 2. The van der Waals surface area contributed by atoms with Gasteiger partial charge in [0.15, 0.2) is 0 Å². The number of carbonyl (C=O) groups excluding carboxylic acids is 1. The van der Waals surface area contributed by atoms with Crippen LogP contribution in [0.2, 0.25) is 0 Å². The summed E-state index contributed by atoms with van der Waals surface area (Å²) >= 11 is 0. The van der Waals surface area contributed by atoms with Gasteiger partial charge in [-0.15, -0.1) is 0 Å². The number of aromatic nitrogens is 2. The normalized spacial score (nSPS) is 12.1. The predicted molar refractivity (Wildman–Crippen MR) is 92.0 cm³/mol. The van der Waals surface area contributed by atoms with E-state index in [4.69, 9.17) is 9.47 Å². The van der Waals surface area contributed by atoms with Crippen molar-refractivity contribution in [1.29, 1.82) is 0 Å². The number of hydrogen-bond acceptors (Lipinski definition) is 4. The van der Waals surface area contributed by atoms with Crippen LogP contribution in [0.15, 0.2) is 48.7 Å². The maximum Gasteiger partial charge on any atom is 0.253 e. The zero-order valence-electron chi connectivity index (χ0n) is 13.6. The van der Waals surface area contributed by atoms with Gasteiger partial charge in [0.2, 0.25) is 0 Å². The van der Waals surface area contributed by atoms with Gasteiger partial charge >= 0.3 is 0 Å². The number of H-pyrrole nitrogens is 1. The number of amides is 1. The molecule has 0 saturated heterocycles. The Morgan fingerprint density at radius 3 is 2.96 bits per heavy atom. The van der Waals surface area contributed by atoms with Crippen LogP contribution in [0, 0.1) is 0 Å². The number of carbonyl (C=O) groups is 1. The highest BCUT2D eigenvalue weighted by molar-refractivity contribution is 6.01. The van der Waals surface area contributed by atoms with E-state index in [1.165, 1.54) is 0 Å². The molecule has 3 rings (SSSR count). The van der Waals surface area contributed by atoms with Gasteiger partial charge in [-0.05, 0) is 30.7 Å². The zero-order valence-corrected chi connectivity index (χ0v) is 13.6. The average Bonchev–Trinajstić information content (AvgIpc) is 3.09. The Morgan fingerprint density at radius 1 is 1.29 bits per heavy atom. The summed E-state index contributed by atoms with van der Waals surface area (Å²) in [6, 6.07) is 13.2. The first-order chi connectivity index (χ1) is 11.7. The molecule has 6 heteroatoms. The minimum atomic E-state index is -0.589. The molecular formula is C18H19N3O3. The maximum absolute atomic E-state index is 12.3. The third-order valence-electron chi connectivity index (χ3n) is 3.74. The third-order valence-corrected chi connectivity index (χ3v) is 3.74. The van der Waals surface area contributed by atoms with Crippen molar-refractivity contribution in [2.45, 2.75) is 19.6 Å². The summed E-state index contributed by atoms with van der Waals surface area (Å²) in [4.78, 5) is 12.3. The lowest BCUT2D eigenvalue weighted by Crippen LogP contribution is -2.27. The van der Waals surface area contributed by atoms with Gasteiger partial charge in [0, 0.05) is 5.39 Å². The molecule has 1 aromatic heterocycles. The Kier molecular flexibility index (Phi) is 4.77. The lowest BCUT2D eigenvalue weighted by Gasteiger charge is -2.14. The smallest absolute Gasteiger partial charge is 0.253 e. The summed E-state index contributed by atoms with van der Waals surface area (Å²) in [6.45, 7) is 2.06. The van der Waals surface area contributed by atoms with E-state index in [1.807, 2.05) is 42.5 Å². The first-order valence-corrected chi connectivity index (χ1v) is 7.65. The fourth-order valence-electron chi connectivity index (χ4n) is 2.37. The van der Waals surface area contributed by atoms with Crippen LogP contribution in [0.1, 0.15) is 12.5 Å². The van der Waals surface area contributed by atoms with E-state index in [0.29, 0.717) is 12.3 Å². The largest absolute Gasteiger partial charge is 0.497 e. The lowest BCUT2D eigenvalue weighted by molar-refractivity contribution is -0.127. The summed E-state index contributed by atoms with van der Waals surface area (Å²) in [5.41, 5.74) is 2.43. The van der Waals surface area contributed by atoms with Gasteiger partial charge in [-0.1, -0.05) is 24.3 Å². The van der Waals surface area contributed by atoms with Crippen LogP contribution in [0.4, 0.5) is 5.69 Å². The number of rotatable bonds is 6. The summed E-state index contributed by atoms with van der Waals surface area (Å²) in [6.07, 6.45) is 1.13. The molecule has 0 aliphatic rings. The van der Waals surface area contributed by atoms with Crippen molar-refractivity contribution in [3.8, 4) is 5.75 Å². The number of fused-ring (bicyclic) bond motifs is 1. The highest BCUT2D eigenvalue weighted by Gasteiger charge is 2.15. The predicted octanol–water partition coefficient (Wildman–Crippen LogP) is 3.12. The second-order valence-electron chi connectivity index (χ2n) is 5.43. The quantitative estimate of drug-likeness (QED) is 0.730. The fourth-order valence-corrected chi connectivity index (χ4v) is 2.37. The van der Waals surface area contributed by atoms with Gasteiger partial charge in [-0.2, -0.15) is 5.10 Å². The van der Waals surface area contributed by atoms with E-state index in [9.17, 15) is 4.79 Å². The van der Waals surface area contributed by atoms with Crippen molar-refractivity contribution in [1.82, 2.24) is 10.2 Å². The Morgan fingerprint density at radius 2 is 2.12 bits per heavy atom. The topological polar surface area (TPSA) is 76.2 Å². The molecule has 0 radical (unpaired) electrons. The Bertz CT molecular complexity index is 844. The van der Waals surface area contributed by atoms with E-state index in [-0.39, 0.29) is 5.91 Å². The van der Waals surface area contributed by atoms with Crippen LogP contribution in [-0.2, 0) is 16.1 Å². The SMILES string of the molecule is COc1cccc(CO[C@@H](C)C(=O)Nc2cccc3cn[nH]c23)c1. The lowest BCUT2D eigenvalue weighted by atomic mass is 10.2. The minimum absolute atomic E-state index is 0.208. The molecule has 0 unspecified atom stereocenters. The number of nitrogens with one attached hydrogen (secondary N) is 2. The van der Waals surface area contributed by atoms with Gasteiger partial charge in [0.25, 0.3) is 5.91 Å². The molecule has 24 heavy (non-hydrogen) atoms. The molecule has 6 nitrogen and oxygen atoms in total. The van der Waals surface area contributed by atoms with Gasteiger partial charge in [-0.3, -0.25) is 9.89 Å². The third kappa shape index (κ3) is 3.55. The molecule has 1 atom stereocenters. The van der Waals surface area contributed by atoms with Crippen LogP contribution in [0.3, 0.4) is 0 Å². The fraction of sp³-hybridized carbons (Fsp3) is 0.222. The Hall–Kier alpha value is -2.86. The molecule has 0 aliphatic carbocycles. The molecule has 2 N–H and O–H groups in total. The zero-order chi connectivity index (χ0) is 16.9. The summed E-state index contributed by atoms with van der Waals surface area (Å²) in [7, 11) is 1.62. The van der Waals surface area contributed by atoms with Crippen molar-refractivity contribution in [2.24, 2.45) is 0 Å². The van der Waals surface area contributed by atoms with E-state index in [0.717, 1.165) is 22.2 Å². The molecule has 1 heterocycles.